The number of rotatable bonds is 9. The normalized spacial score (nSPS) is 9.86. The van der Waals surface area contributed by atoms with Crippen molar-refractivity contribution in [2.45, 2.75) is 20.4 Å². The van der Waals surface area contributed by atoms with Gasteiger partial charge in [0, 0.05) is 18.7 Å². The van der Waals surface area contributed by atoms with Crippen molar-refractivity contribution in [3.8, 4) is 5.75 Å². The van der Waals surface area contributed by atoms with Crippen LogP contribution in [0.4, 0.5) is 0 Å². The fourth-order valence-corrected chi connectivity index (χ4v) is 1.71. The Bertz CT molecular complexity index is 427. The van der Waals surface area contributed by atoms with Crippen molar-refractivity contribution in [3.63, 3.8) is 0 Å². The van der Waals surface area contributed by atoms with Crippen LogP contribution in [0, 0.1) is 6.92 Å². The lowest BCUT2D eigenvalue weighted by molar-refractivity contribution is -0.120. The average molecular weight is 317 g/mol. The van der Waals surface area contributed by atoms with E-state index in [0.29, 0.717) is 32.9 Å². The molecule has 0 saturated heterocycles. The topological polar surface area (TPSA) is 59.6 Å². The van der Waals surface area contributed by atoms with Crippen LogP contribution in [0.1, 0.15) is 18.1 Å². The molecule has 1 aromatic carbocycles. The molecule has 0 heterocycles. The first kappa shape index (κ1) is 19.7. The average Bonchev–Trinajstić information content (AvgIpc) is 2.43. The second-order valence-electron chi connectivity index (χ2n) is 4.46. The Morgan fingerprint density at radius 2 is 2.05 bits per heavy atom. The van der Waals surface area contributed by atoms with E-state index >= 15 is 0 Å². The molecular formula is C15H25ClN2O3. The molecule has 0 atom stereocenters. The molecule has 1 aromatic rings. The van der Waals surface area contributed by atoms with Gasteiger partial charge in [-0.05, 0) is 32.5 Å². The zero-order valence-electron chi connectivity index (χ0n) is 12.9. The van der Waals surface area contributed by atoms with Gasteiger partial charge in [-0.25, -0.2) is 0 Å². The van der Waals surface area contributed by atoms with E-state index in [1.54, 1.807) is 7.05 Å². The third-order valence-electron chi connectivity index (χ3n) is 2.73. The molecule has 0 aliphatic carbocycles. The zero-order chi connectivity index (χ0) is 14.8. The van der Waals surface area contributed by atoms with E-state index in [-0.39, 0.29) is 18.3 Å². The van der Waals surface area contributed by atoms with Gasteiger partial charge in [0.15, 0.2) is 0 Å². The first-order valence-electron chi connectivity index (χ1n) is 6.88. The highest BCUT2D eigenvalue weighted by Gasteiger charge is 2.06. The maximum Gasteiger partial charge on any atom is 0.234 e. The largest absolute Gasteiger partial charge is 0.491 e. The molecule has 21 heavy (non-hydrogen) atoms. The molecule has 0 fully saturated rings. The molecule has 1 amide bonds. The van der Waals surface area contributed by atoms with E-state index in [9.17, 15) is 4.79 Å². The fourth-order valence-electron chi connectivity index (χ4n) is 1.71. The maximum atomic E-state index is 11.5. The molecule has 2 N–H and O–H groups in total. The number of aryl methyl sites for hydroxylation is 1. The predicted octanol–water partition coefficient (Wildman–Crippen LogP) is 1.67. The van der Waals surface area contributed by atoms with Crippen LogP contribution in [0.15, 0.2) is 18.2 Å². The van der Waals surface area contributed by atoms with Crippen molar-refractivity contribution < 1.29 is 14.3 Å². The first-order valence-corrected chi connectivity index (χ1v) is 6.88. The lowest BCUT2D eigenvalue weighted by Gasteiger charge is -2.13. The zero-order valence-corrected chi connectivity index (χ0v) is 13.7. The Labute approximate surface area is 132 Å². The predicted molar refractivity (Wildman–Crippen MR) is 86.2 cm³/mol. The van der Waals surface area contributed by atoms with Gasteiger partial charge in [0.2, 0.25) is 5.91 Å². The molecule has 120 valence electrons. The molecule has 0 spiro atoms. The van der Waals surface area contributed by atoms with Gasteiger partial charge in [-0.2, -0.15) is 0 Å². The minimum atomic E-state index is -0.0339. The van der Waals surface area contributed by atoms with E-state index in [1.807, 2.05) is 32.0 Å². The summed E-state index contributed by atoms with van der Waals surface area (Å²) in [7, 11) is 1.74. The van der Waals surface area contributed by atoms with Crippen LogP contribution < -0.4 is 15.4 Å². The van der Waals surface area contributed by atoms with E-state index in [2.05, 4.69) is 10.6 Å². The molecule has 0 unspecified atom stereocenters. The van der Waals surface area contributed by atoms with Crippen LogP contribution in [0.5, 0.6) is 5.75 Å². The standard InChI is InChI=1S/C15H24N2O3.ClH/c1-4-19-7-8-20-14-9-12(2)5-6-13(14)10-17-15(18)11-16-3;/h5-6,9,16H,4,7-8,10-11H2,1-3H3,(H,17,18);1H. The number of amides is 1. The minimum absolute atomic E-state index is 0. The number of nitrogens with one attached hydrogen (secondary N) is 2. The van der Waals surface area contributed by atoms with Crippen LogP contribution in [0.2, 0.25) is 0 Å². The Morgan fingerprint density at radius 1 is 1.29 bits per heavy atom. The number of hydrogen-bond acceptors (Lipinski definition) is 4. The molecule has 0 aliphatic heterocycles. The summed E-state index contributed by atoms with van der Waals surface area (Å²) in [5.74, 6) is 0.766. The van der Waals surface area contributed by atoms with Crippen molar-refractivity contribution >= 4 is 18.3 Å². The number of benzene rings is 1. The lowest BCUT2D eigenvalue weighted by atomic mass is 10.1. The highest BCUT2D eigenvalue weighted by molar-refractivity contribution is 5.85. The molecular weight excluding hydrogens is 292 g/mol. The summed E-state index contributed by atoms with van der Waals surface area (Å²) in [6, 6.07) is 5.96. The number of ether oxygens (including phenoxy) is 2. The Kier molecular flexibility index (Phi) is 10.7. The van der Waals surface area contributed by atoms with Crippen molar-refractivity contribution in [2.75, 3.05) is 33.4 Å². The Hall–Kier alpha value is -1.30. The molecule has 0 bridgehead atoms. The van der Waals surface area contributed by atoms with Gasteiger partial charge < -0.3 is 20.1 Å². The summed E-state index contributed by atoms with van der Waals surface area (Å²) in [6.07, 6.45) is 0. The summed E-state index contributed by atoms with van der Waals surface area (Å²) in [5, 5.41) is 5.66. The van der Waals surface area contributed by atoms with Gasteiger partial charge in [0.05, 0.1) is 13.2 Å². The van der Waals surface area contributed by atoms with Crippen LogP contribution in [-0.2, 0) is 16.1 Å². The highest BCUT2D eigenvalue weighted by Crippen LogP contribution is 2.20. The molecule has 0 aliphatic rings. The van der Waals surface area contributed by atoms with E-state index < -0.39 is 0 Å². The summed E-state index contributed by atoms with van der Waals surface area (Å²) in [5.41, 5.74) is 2.10. The van der Waals surface area contributed by atoms with Crippen LogP contribution in [-0.4, -0.2) is 39.3 Å². The van der Waals surface area contributed by atoms with Gasteiger partial charge in [0.25, 0.3) is 0 Å². The lowest BCUT2D eigenvalue weighted by Crippen LogP contribution is -2.31. The molecule has 6 heteroatoms. The smallest absolute Gasteiger partial charge is 0.234 e. The van der Waals surface area contributed by atoms with E-state index in [0.717, 1.165) is 16.9 Å². The minimum Gasteiger partial charge on any atom is -0.491 e. The Balaban J connectivity index is 0.00000400. The monoisotopic (exact) mass is 316 g/mol. The number of hydrogen-bond donors (Lipinski definition) is 2. The fraction of sp³-hybridized carbons (Fsp3) is 0.533. The second kappa shape index (κ2) is 11.4. The quantitative estimate of drug-likeness (QED) is 0.680. The van der Waals surface area contributed by atoms with Crippen LogP contribution >= 0.6 is 12.4 Å². The van der Waals surface area contributed by atoms with Crippen LogP contribution in [0.3, 0.4) is 0 Å². The molecule has 5 nitrogen and oxygen atoms in total. The van der Waals surface area contributed by atoms with Gasteiger partial charge >= 0.3 is 0 Å². The summed E-state index contributed by atoms with van der Waals surface area (Å²) in [4.78, 5) is 11.5. The number of halogens is 1. The van der Waals surface area contributed by atoms with Gasteiger partial charge in [-0.1, -0.05) is 12.1 Å². The third kappa shape index (κ3) is 7.90. The second-order valence-corrected chi connectivity index (χ2v) is 4.46. The van der Waals surface area contributed by atoms with Gasteiger partial charge in [-0.3, -0.25) is 4.79 Å². The van der Waals surface area contributed by atoms with E-state index in [4.69, 9.17) is 9.47 Å². The van der Waals surface area contributed by atoms with Crippen molar-refractivity contribution in [3.05, 3.63) is 29.3 Å². The molecule has 0 saturated carbocycles. The van der Waals surface area contributed by atoms with E-state index in [1.165, 1.54) is 0 Å². The summed E-state index contributed by atoms with van der Waals surface area (Å²) >= 11 is 0. The summed E-state index contributed by atoms with van der Waals surface area (Å²) in [6.45, 7) is 6.50. The molecule has 1 rings (SSSR count). The van der Waals surface area contributed by atoms with Gasteiger partial charge in [-0.15, -0.1) is 12.4 Å². The van der Waals surface area contributed by atoms with Crippen molar-refractivity contribution in [1.29, 1.82) is 0 Å². The van der Waals surface area contributed by atoms with Crippen molar-refractivity contribution in [2.24, 2.45) is 0 Å². The SMILES string of the molecule is CCOCCOc1cc(C)ccc1CNC(=O)CNC.Cl. The van der Waals surface area contributed by atoms with Crippen LogP contribution in [0.25, 0.3) is 0 Å². The van der Waals surface area contributed by atoms with Gasteiger partial charge in [0.1, 0.15) is 12.4 Å². The summed E-state index contributed by atoms with van der Waals surface area (Å²) < 4.78 is 11.0. The highest BCUT2D eigenvalue weighted by atomic mass is 35.5. The Morgan fingerprint density at radius 3 is 2.71 bits per heavy atom. The number of likely N-dealkylation sites (N-methyl/N-ethyl adjacent to an activating group) is 1. The number of carbonyl (C=O) groups excluding carboxylic acids is 1. The molecule has 0 radical (unpaired) electrons. The van der Waals surface area contributed by atoms with Crippen molar-refractivity contribution in [1.82, 2.24) is 10.6 Å². The number of carbonyl (C=O) groups is 1. The first-order chi connectivity index (χ1) is 9.67. The maximum absolute atomic E-state index is 11.5. The molecule has 0 aromatic heterocycles. The third-order valence-corrected chi connectivity index (χ3v) is 2.73.